The lowest BCUT2D eigenvalue weighted by atomic mass is 10.00. The summed E-state index contributed by atoms with van der Waals surface area (Å²) in [6.45, 7) is 3.83. The molecular weight excluding hydrogens is 418 g/mol. The number of carboxylic acids is 1. The molecular formula is C26H21N3O4. The van der Waals surface area contributed by atoms with Crippen LogP contribution in [0.3, 0.4) is 0 Å². The molecule has 33 heavy (non-hydrogen) atoms. The molecule has 0 saturated heterocycles. The summed E-state index contributed by atoms with van der Waals surface area (Å²) < 4.78 is 8.06. The quantitative estimate of drug-likeness (QED) is 0.386. The standard InChI is InChI=1S/C26H21N3O4/c1-15-12-19(16(2)28-21-8-4-3-6-17(21)26(31)32)25-20(13-15)23(30)14-24(33-25)18-7-5-11-29-22(18)9-10-27-29/h3-14,16,28H,1-2H3,(H,31,32). The Hall–Kier alpha value is -4.39. The molecule has 0 aliphatic heterocycles. The number of hydrogen-bond acceptors (Lipinski definition) is 5. The number of pyridine rings is 1. The lowest BCUT2D eigenvalue weighted by Gasteiger charge is -2.19. The van der Waals surface area contributed by atoms with Crippen molar-refractivity contribution in [3.05, 3.63) is 100.0 Å². The summed E-state index contributed by atoms with van der Waals surface area (Å²) >= 11 is 0. The molecule has 0 radical (unpaired) electrons. The molecule has 0 bridgehead atoms. The van der Waals surface area contributed by atoms with E-state index in [1.165, 1.54) is 6.07 Å². The largest absolute Gasteiger partial charge is 0.478 e. The van der Waals surface area contributed by atoms with Gasteiger partial charge in [-0.3, -0.25) is 4.79 Å². The maximum atomic E-state index is 13.1. The Kier molecular flexibility index (Phi) is 4.94. The van der Waals surface area contributed by atoms with Gasteiger partial charge in [0.1, 0.15) is 11.3 Å². The van der Waals surface area contributed by atoms with Crippen molar-refractivity contribution < 1.29 is 14.3 Å². The smallest absolute Gasteiger partial charge is 0.337 e. The van der Waals surface area contributed by atoms with Crippen molar-refractivity contribution in [2.75, 3.05) is 5.32 Å². The van der Waals surface area contributed by atoms with E-state index in [1.807, 2.05) is 50.4 Å². The highest BCUT2D eigenvalue weighted by atomic mass is 16.4. The molecule has 7 heteroatoms. The number of fused-ring (bicyclic) bond motifs is 2. The van der Waals surface area contributed by atoms with Crippen LogP contribution in [0.2, 0.25) is 0 Å². The van der Waals surface area contributed by atoms with Crippen LogP contribution >= 0.6 is 0 Å². The third-order valence-corrected chi connectivity index (χ3v) is 5.70. The lowest BCUT2D eigenvalue weighted by molar-refractivity contribution is 0.0698. The number of nitrogens with zero attached hydrogens (tertiary/aromatic N) is 2. The van der Waals surface area contributed by atoms with Crippen LogP contribution in [-0.2, 0) is 0 Å². The summed E-state index contributed by atoms with van der Waals surface area (Å²) in [6.07, 6.45) is 3.53. The van der Waals surface area contributed by atoms with Gasteiger partial charge in [0.2, 0.25) is 0 Å². The summed E-state index contributed by atoms with van der Waals surface area (Å²) in [5.41, 5.74) is 4.27. The highest BCUT2D eigenvalue weighted by Gasteiger charge is 2.19. The fourth-order valence-electron chi connectivity index (χ4n) is 4.16. The van der Waals surface area contributed by atoms with Gasteiger partial charge in [-0.25, -0.2) is 9.31 Å². The van der Waals surface area contributed by atoms with E-state index in [0.717, 1.165) is 22.2 Å². The Bertz CT molecular complexity index is 1580. The van der Waals surface area contributed by atoms with Gasteiger partial charge in [0, 0.05) is 29.1 Å². The first-order valence-corrected chi connectivity index (χ1v) is 10.5. The van der Waals surface area contributed by atoms with Crippen molar-refractivity contribution in [2.45, 2.75) is 19.9 Å². The Morgan fingerprint density at radius 3 is 2.76 bits per heavy atom. The first-order valence-electron chi connectivity index (χ1n) is 10.5. The molecule has 0 saturated carbocycles. The van der Waals surface area contributed by atoms with Gasteiger partial charge in [-0.05, 0) is 55.8 Å². The van der Waals surface area contributed by atoms with E-state index in [0.29, 0.717) is 22.4 Å². The molecule has 164 valence electrons. The molecule has 2 N–H and O–H groups in total. The number of carbonyl (C=O) groups is 1. The van der Waals surface area contributed by atoms with Crippen molar-refractivity contribution in [2.24, 2.45) is 0 Å². The Balaban J connectivity index is 1.67. The van der Waals surface area contributed by atoms with Crippen molar-refractivity contribution in [1.29, 1.82) is 0 Å². The number of benzene rings is 2. The number of para-hydroxylation sites is 1. The average Bonchev–Trinajstić information content (AvgIpc) is 3.28. The van der Waals surface area contributed by atoms with Gasteiger partial charge in [0.25, 0.3) is 0 Å². The van der Waals surface area contributed by atoms with E-state index in [9.17, 15) is 14.7 Å². The molecule has 5 rings (SSSR count). The summed E-state index contributed by atoms with van der Waals surface area (Å²) in [5, 5.41) is 17.5. The second kappa shape index (κ2) is 7.94. The van der Waals surface area contributed by atoms with Crippen molar-refractivity contribution >= 4 is 28.1 Å². The minimum atomic E-state index is -1.01. The zero-order valence-electron chi connectivity index (χ0n) is 18.1. The van der Waals surface area contributed by atoms with Crippen LogP contribution in [0.1, 0.15) is 34.5 Å². The molecule has 0 aliphatic carbocycles. The van der Waals surface area contributed by atoms with Crippen LogP contribution in [0.5, 0.6) is 0 Å². The Morgan fingerprint density at radius 2 is 1.94 bits per heavy atom. The lowest BCUT2D eigenvalue weighted by Crippen LogP contribution is -2.12. The van der Waals surface area contributed by atoms with Crippen molar-refractivity contribution in [1.82, 2.24) is 9.61 Å². The number of rotatable bonds is 5. The van der Waals surface area contributed by atoms with E-state index >= 15 is 0 Å². The molecule has 0 spiro atoms. The second-order valence-electron chi connectivity index (χ2n) is 8.01. The molecule has 0 amide bonds. The Morgan fingerprint density at radius 1 is 1.12 bits per heavy atom. The zero-order valence-corrected chi connectivity index (χ0v) is 18.1. The van der Waals surface area contributed by atoms with E-state index in [-0.39, 0.29) is 17.0 Å². The van der Waals surface area contributed by atoms with Crippen LogP contribution in [0.4, 0.5) is 5.69 Å². The fourth-order valence-corrected chi connectivity index (χ4v) is 4.16. The van der Waals surface area contributed by atoms with Crippen LogP contribution in [-0.4, -0.2) is 20.7 Å². The van der Waals surface area contributed by atoms with Crippen LogP contribution < -0.4 is 10.7 Å². The number of aromatic nitrogens is 2. The predicted octanol–water partition coefficient (Wildman–Crippen LogP) is 5.29. The van der Waals surface area contributed by atoms with Gasteiger partial charge in [-0.15, -0.1) is 0 Å². The molecule has 2 aromatic carbocycles. The van der Waals surface area contributed by atoms with E-state index in [4.69, 9.17) is 4.42 Å². The number of hydrogen-bond donors (Lipinski definition) is 2. The molecule has 1 atom stereocenters. The molecule has 3 heterocycles. The monoisotopic (exact) mass is 439 g/mol. The van der Waals surface area contributed by atoms with Crippen LogP contribution in [0, 0.1) is 6.92 Å². The Labute approximate surface area is 188 Å². The topological polar surface area (TPSA) is 96.8 Å². The highest BCUT2D eigenvalue weighted by Crippen LogP contribution is 2.32. The predicted molar refractivity (Wildman–Crippen MR) is 127 cm³/mol. The summed E-state index contributed by atoms with van der Waals surface area (Å²) in [4.78, 5) is 24.7. The normalized spacial score (nSPS) is 12.2. The van der Waals surface area contributed by atoms with Gasteiger partial charge >= 0.3 is 5.97 Å². The second-order valence-corrected chi connectivity index (χ2v) is 8.01. The SMILES string of the molecule is Cc1cc(C(C)Nc2ccccc2C(=O)O)c2oc(-c3cccn4nccc34)cc(=O)c2c1. The van der Waals surface area contributed by atoms with Gasteiger partial charge in [0.05, 0.1) is 28.7 Å². The van der Waals surface area contributed by atoms with Crippen molar-refractivity contribution in [3.8, 4) is 11.3 Å². The first kappa shape index (κ1) is 20.5. The van der Waals surface area contributed by atoms with E-state index < -0.39 is 5.97 Å². The maximum absolute atomic E-state index is 13.1. The molecule has 3 aromatic heterocycles. The number of aryl methyl sites for hydroxylation is 1. The minimum absolute atomic E-state index is 0.143. The van der Waals surface area contributed by atoms with Gasteiger partial charge in [0.15, 0.2) is 5.43 Å². The van der Waals surface area contributed by atoms with E-state index in [1.54, 1.807) is 35.0 Å². The highest BCUT2D eigenvalue weighted by molar-refractivity contribution is 5.94. The van der Waals surface area contributed by atoms with Crippen LogP contribution in [0.15, 0.2) is 82.3 Å². The first-order chi connectivity index (χ1) is 15.9. The van der Waals surface area contributed by atoms with Crippen LogP contribution in [0.25, 0.3) is 27.8 Å². The van der Waals surface area contributed by atoms with Gasteiger partial charge < -0.3 is 14.8 Å². The number of carboxylic acid groups (broad SMARTS) is 1. The molecule has 1 unspecified atom stereocenters. The maximum Gasteiger partial charge on any atom is 0.337 e. The van der Waals surface area contributed by atoms with Gasteiger partial charge in [-0.1, -0.05) is 18.2 Å². The number of anilines is 1. The van der Waals surface area contributed by atoms with Gasteiger partial charge in [-0.2, -0.15) is 5.10 Å². The number of nitrogens with one attached hydrogen (secondary N) is 1. The minimum Gasteiger partial charge on any atom is -0.478 e. The zero-order chi connectivity index (χ0) is 23.1. The molecule has 0 fully saturated rings. The molecule has 7 nitrogen and oxygen atoms in total. The summed E-state index contributed by atoms with van der Waals surface area (Å²) in [5.74, 6) is -0.566. The fraction of sp³-hybridized carbons (Fsp3) is 0.115. The summed E-state index contributed by atoms with van der Waals surface area (Å²) in [6, 6.07) is 17.3. The summed E-state index contributed by atoms with van der Waals surface area (Å²) in [7, 11) is 0. The number of aromatic carboxylic acids is 1. The molecule has 0 aliphatic rings. The third kappa shape index (κ3) is 3.63. The van der Waals surface area contributed by atoms with E-state index in [2.05, 4.69) is 10.4 Å². The average molecular weight is 439 g/mol. The third-order valence-electron chi connectivity index (χ3n) is 5.70. The molecule has 5 aromatic rings. The van der Waals surface area contributed by atoms with Crippen molar-refractivity contribution in [3.63, 3.8) is 0 Å².